The molecule has 0 N–H and O–H groups in total. The molecule has 0 unspecified atom stereocenters. The van der Waals surface area contributed by atoms with Crippen molar-refractivity contribution < 1.29 is 35.5 Å². The Kier molecular flexibility index (Phi) is 8.41. The van der Waals surface area contributed by atoms with Gasteiger partial charge in [-0.25, -0.2) is 9.37 Å². The van der Waals surface area contributed by atoms with Crippen molar-refractivity contribution in [3.63, 3.8) is 0 Å². The zero-order valence-electron chi connectivity index (χ0n) is 20.2. The predicted octanol–water partition coefficient (Wildman–Crippen LogP) is 7.32. The van der Waals surface area contributed by atoms with Crippen molar-refractivity contribution in [2.75, 3.05) is 36.8 Å². The molecule has 4 nitrogen and oxygen atoms in total. The minimum atomic E-state index is -4.47. The number of alkyl halides is 6. The van der Waals surface area contributed by atoms with E-state index < -0.39 is 29.5 Å². The predicted molar refractivity (Wildman–Crippen MR) is 131 cm³/mol. The van der Waals surface area contributed by atoms with Gasteiger partial charge in [-0.2, -0.15) is 26.3 Å². The van der Waals surface area contributed by atoms with Crippen molar-refractivity contribution in [3.05, 3.63) is 77.2 Å². The molecule has 12 heteroatoms. The van der Waals surface area contributed by atoms with Crippen molar-refractivity contribution in [1.29, 1.82) is 0 Å². The third-order valence-electron chi connectivity index (χ3n) is 5.96. The molecule has 0 amide bonds. The molecule has 1 aliphatic heterocycles. The Balaban J connectivity index is 1.31. The van der Waals surface area contributed by atoms with Crippen LogP contribution in [0.15, 0.2) is 59.6 Å². The number of hydrogen-bond donors (Lipinski definition) is 0. The maximum Gasteiger partial charge on any atom is 0.417 e. The molecule has 2 heterocycles. The van der Waals surface area contributed by atoms with Crippen molar-refractivity contribution in [2.45, 2.75) is 30.7 Å². The van der Waals surface area contributed by atoms with Crippen molar-refractivity contribution in [1.82, 2.24) is 9.88 Å². The quantitative estimate of drug-likeness (QED) is 0.224. The molecule has 4 rings (SSSR count). The van der Waals surface area contributed by atoms with E-state index in [1.165, 1.54) is 12.1 Å². The van der Waals surface area contributed by atoms with Crippen molar-refractivity contribution in [2.24, 2.45) is 0 Å². The molecule has 0 saturated carbocycles. The first-order valence-corrected chi connectivity index (χ1v) is 12.6. The fourth-order valence-electron chi connectivity index (χ4n) is 4.00. The summed E-state index contributed by atoms with van der Waals surface area (Å²) in [5, 5.41) is 0. The summed E-state index contributed by atoms with van der Waals surface area (Å²) in [6.45, 7) is 4.52. The van der Waals surface area contributed by atoms with E-state index in [0.29, 0.717) is 72.6 Å². The molecule has 204 valence electrons. The second-order valence-electron chi connectivity index (χ2n) is 8.87. The highest BCUT2D eigenvalue weighted by Gasteiger charge is 2.31. The maximum atomic E-state index is 14.6. The molecule has 0 atom stereocenters. The summed E-state index contributed by atoms with van der Waals surface area (Å²) in [4.78, 5) is 8.12. The summed E-state index contributed by atoms with van der Waals surface area (Å²) in [6, 6.07) is 11.9. The monoisotopic (exact) mass is 559 g/mol. The number of rotatable bonds is 7. The number of ether oxygens (including phenoxy) is 1. The number of aromatic nitrogens is 1. The molecule has 1 aromatic heterocycles. The van der Waals surface area contributed by atoms with Crippen molar-refractivity contribution in [3.8, 4) is 11.6 Å². The van der Waals surface area contributed by atoms with E-state index in [4.69, 9.17) is 4.74 Å². The van der Waals surface area contributed by atoms with Gasteiger partial charge < -0.3 is 9.64 Å². The van der Waals surface area contributed by atoms with Crippen molar-refractivity contribution >= 4 is 17.4 Å². The van der Waals surface area contributed by atoms with Gasteiger partial charge in [0.05, 0.1) is 17.0 Å². The van der Waals surface area contributed by atoms with Crippen LogP contribution in [0.3, 0.4) is 0 Å². The largest absolute Gasteiger partial charge is 0.439 e. The number of aryl methyl sites for hydroxylation is 1. The SMILES string of the molecule is Cc1cc(F)c(N2CCN(Cc3ccc(Oc4ccc(C(F)(F)F)cn4)cc3)CC2)cc1SCC(F)(F)F. The van der Waals surface area contributed by atoms with Gasteiger partial charge in [-0.05, 0) is 48.4 Å². The highest BCUT2D eigenvalue weighted by molar-refractivity contribution is 7.99. The molecule has 38 heavy (non-hydrogen) atoms. The van der Waals surface area contributed by atoms with Crippen LogP contribution in [0, 0.1) is 12.7 Å². The highest BCUT2D eigenvalue weighted by Crippen LogP contribution is 2.34. The smallest absolute Gasteiger partial charge is 0.417 e. The Morgan fingerprint density at radius 2 is 1.61 bits per heavy atom. The Hall–Kier alpha value is -2.99. The molecule has 3 aromatic rings. The lowest BCUT2D eigenvalue weighted by Gasteiger charge is -2.36. The first-order valence-electron chi connectivity index (χ1n) is 11.6. The molecular formula is C26H24F7N3OS. The normalized spacial score (nSPS) is 15.1. The van der Waals surface area contributed by atoms with E-state index in [0.717, 1.165) is 17.7 Å². The Labute approximate surface area is 219 Å². The van der Waals surface area contributed by atoms with Gasteiger partial charge in [0.15, 0.2) is 0 Å². The number of hydrogen-bond acceptors (Lipinski definition) is 5. The Bertz CT molecular complexity index is 1220. The van der Waals surface area contributed by atoms with Crippen LogP contribution in [-0.2, 0) is 12.7 Å². The zero-order valence-corrected chi connectivity index (χ0v) is 21.1. The second kappa shape index (κ2) is 11.4. The van der Waals surface area contributed by atoms with Gasteiger partial charge >= 0.3 is 12.4 Å². The minimum absolute atomic E-state index is 0.0465. The van der Waals surface area contributed by atoms with Crippen LogP contribution >= 0.6 is 11.8 Å². The molecule has 0 bridgehead atoms. The average Bonchev–Trinajstić information content (AvgIpc) is 2.85. The van der Waals surface area contributed by atoms with Gasteiger partial charge in [-0.15, -0.1) is 11.8 Å². The molecular weight excluding hydrogens is 535 g/mol. The third-order valence-corrected chi connectivity index (χ3v) is 7.19. The summed E-state index contributed by atoms with van der Waals surface area (Å²) in [5.41, 5.74) is 0.906. The zero-order chi connectivity index (χ0) is 27.5. The minimum Gasteiger partial charge on any atom is -0.439 e. The third kappa shape index (κ3) is 7.53. The van der Waals surface area contributed by atoms with E-state index in [1.807, 2.05) is 17.0 Å². The van der Waals surface area contributed by atoms with E-state index in [-0.39, 0.29) is 5.88 Å². The van der Waals surface area contributed by atoms with Crippen LogP contribution in [0.5, 0.6) is 11.6 Å². The number of nitrogens with zero attached hydrogens (tertiary/aromatic N) is 3. The summed E-state index contributed by atoms with van der Waals surface area (Å²) in [5.74, 6) is -1.01. The van der Waals surface area contributed by atoms with E-state index in [2.05, 4.69) is 9.88 Å². The summed E-state index contributed by atoms with van der Waals surface area (Å²) < 4.78 is 96.1. The molecule has 1 saturated heterocycles. The Morgan fingerprint density at radius 3 is 2.18 bits per heavy atom. The first kappa shape index (κ1) is 28.0. The van der Waals surface area contributed by atoms with E-state index in [9.17, 15) is 30.7 Å². The topological polar surface area (TPSA) is 28.6 Å². The van der Waals surface area contributed by atoms with Crippen LogP contribution in [0.2, 0.25) is 0 Å². The summed E-state index contributed by atoms with van der Waals surface area (Å²) >= 11 is 0.658. The lowest BCUT2D eigenvalue weighted by Crippen LogP contribution is -2.46. The number of pyridine rings is 1. The van der Waals surface area contributed by atoms with Crippen LogP contribution in [0.25, 0.3) is 0 Å². The number of benzene rings is 2. The standard InChI is InChI=1S/C26H24F7N3OS/c1-17-12-21(27)22(13-23(17)38-16-25(28,29)30)36-10-8-35(9-11-36)15-18-2-5-20(6-3-18)37-24-7-4-19(14-34-24)26(31,32)33/h2-7,12-14H,8-11,15-16H2,1H3. The molecule has 0 aliphatic carbocycles. The number of halogens is 7. The lowest BCUT2D eigenvalue weighted by atomic mass is 10.1. The Morgan fingerprint density at radius 1 is 0.921 bits per heavy atom. The second-order valence-corrected chi connectivity index (χ2v) is 9.88. The van der Waals surface area contributed by atoms with Crippen LogP contribution in [0.4, 0.5) is 36.4 Å². The molecule has 0 radical (unpaired) electrons. The summed E-state index contributed by atoms with van der Waals surface area (Å²) in [6.07, 6.45) is -8.06. The molecule has 2 aromatic carbocycles. The van der Waals surface area contributed by atoms with Gasteiger partial charge in [0.2, 0.25) is 5.88 Å². The highest BCUT2D eigenvalue weighted by atomic mass is 32.2. The fraction of sp³-hybridized carbons (Fsp3) is 0.346. The van der Waals surface area contributed by atoms with Crippen LogP contribution in [0.1, 0.15) is 16.7 Å². The maximum absolute atomic E-state index is 14.6. The van der Waals surface area contributed by atoms with Crippen LogP contribution in [-0.4, -0.2) is 48.0 Å². The van der Waals surface area contributed by atoms with Gasteiger partial charge in [0.1, 0.15) is 11.6 Å². The number of thioether (sulfide) groups is 1. The number of piperazine rings is 1. The van der Waals surface area contributed by atoms with E-state index >= 15 is 0 Å². The van der Waals surface area contributed by atoms with E-state index in [1.54, 1.807) is 19.1 Å². The molecule has 1 fully saturated rings. The van der Waals surface area contributed by atoms with Crippen LogP contribution < -0.4 is 9.64 Å². The molecule has 0 spiro atoms. The van der Waals surface area contributed by atoms with Gasteiger partial charge in [0, 0.05) is 49.9 Å². The lowest BCUT2D eigenvalue weighted by molar-refractivity contribution is -0.137. The fourth-order valence-corrected chi connectivity index (χ4v) is 4.80. The van der Waals surface area contributed by atoms with Gasteiger partial charge in [-0.1, -0.05) is 12.1 Å². The summed E-state index contributed by atoms with van der Waals surface area (Å²) in [7, 11) is 0. The average molecular weight is 560 g/mol. The van der Waals surface area contributed by atoms with Gasteiger partial charge in [-0.3, -0.25) is 4.90 Å². The van der Waals surface area contributed by atoms with Gasteiger partial charge in [0.25, 0.3) is 0 Å². The number of anilines is 1. The molecule has 1 aliphatic rings. The first-order chi connectivity index (χ1) is 17.9.